The van der Waals surface area contributed by atoms with Crippen molar-refractivity contribution in [1.29, 1.82) is 0 Å². The van der Waals surface area contributed by atoms with Gasteiger partial charge in [0.2, 0.25) is 5.91 Å². The molecule has 7 heteroatoms. The largest absolute Gasteiger partial charge is 0.481 e. The first-order chi connectivity index (χ1) is 9.45. The zero-order valence-electron chi connectivity index (χ0n) is 11.4. The van der Waals surface area contributed by atoms with Gasteiger partial charge >= 0.3 is 11.9 Å². The summed E-state index contributed by atoms with van der Waals surface area (Å²) < 4.78 is 4.68. The van der Waals surface area contributed by atoms with Crippen molar-refractivity contribution in [2.45, 2.75) is 38.3 Å². The van der Waals surface area contributed by atoms with Crippen LogP contribution in [0.15, 0.2) is 0 Å². The molecule has 112 valence electrons. The topological polar surface area (TPSA) is 119 Å². The van der Waals surface area contributed by atoms with E-state index < -0.39 is 35.8 Å². The third-order valence-corrected chi connectivity index (χ3v) is 4.33. The standard InChI is InChI=1S/C13H20N2O5/c1-2-20-13(19)9(14)11(16)15-10-7-4-3-6(5-7)8(10)12(17)18/h6-10H,2-5,14H2,1H3,(H,15,16)(H,17,18). The number of carbonyl (C=O) groups excluding carboxylic acids is 2. The van der Waals surface area contributed by atoms with E-state index in [9.17, 15) is 19.5 Å². The van der Waals surface area contributed by atoms with E-state index in [1.165, 1.54) is 0 Å². The second-order valence-corrected chi connectivity index (χ2v) is 5.46. The molecule has 2 saturated carbocycles. The van der Waals surface area contributed by atoms with Gasteiger partial charge in [-0.2, -0.15) is 0 Å². The van der Waals surface area contributed by atoms with Crippen molar-refractivity contribution in [3.05, 3.63) is 0 Å². The quantitative estimate of drug-likeness (QED) is 0.462. The first-order valence-corrected chi connectivity index (χ1v) is 6.91. The van der Waals surface area contributed by atoms with Gasteiger partial charge in [-0.25, -0.2) is 4.79 Å². The molecule has 4 N–H and O–H groups in total. The Kier molecular flexibility index (Phi) is 4.27. The lowest BCUT2D eigenvalue weighted by molar-refractivity contribution is -0.148. The van der Waals surface area contributed by atoms with Crippen LogP contribution in [0.5, 0.6) is 0 Å². The summed E-state index contributed by atoms with van der Waals surface area (Å²) in [5.74, 6) is -2.65. The fourth-order valence-electron chi connectivity index (χ4n) is 3.45. The van der Waals surface area contributed by atoms with Crippen molar-refractivity contribution in [3.63, 3.8) is 0 Å². The Morgan fingerprint density at radius 1 is 1.35 bits per heavy atom. The Balaban J connectivity index is 2.00. The molecule has 0 heterocycles. The molecule has 2 fully saturated rings. The van der Waals surface area contributed by atoms with Crippen molar-refractivity contribution in [2.24, 2.45) is 23.5 Å². The van der Waals surface area contributed by atoms with E-state index in [1.54, 1.807) is 6.92 Å². The molecule has 2 rings (SSSR count). The number of fused-ring (bicyclic) bond motifs is 2. The van der Waals surface area contributed by atoms with E-state index in [2.05, 4.69) is 10.1 Å². The van der Waals surface area contributed by atoms with E-state index in [1.807, 2.05) is 0 Å². The maximum Gasteiger partial charge on any atom is 0.332 e. The van der Waals surface area contributed by atoms with E-state index in [-0.39, 0.29) is 18.4 Å². The molecule has 20 heavy (non-hydrogen) atoms. The van der Waals surface area contributed by atoms with Crippen LogP contribution in [0.2, 0.25) is 0 Å². The molecular formula is C13H20N2O5. The van der Waals surface area contributed by atoms with Crippen molar-refractivity contribution in [1.82, 2.24) is 5.32 Å². The third-order valence-electron chi connectivity index (χ3n) is 4.33. The lowest BCUT2D eigenvalue weighted by atomic mass is 9.84. The van der Waals surface area contributed by atoms with Gasteiger partial charge in [0.15, 0.2) is 6.04 Å². The second-order valence-electron chi connectivity index (χ2n) is 5.46. The molecule has 0 aromatic rings. The molecule has 0 spiro atoms. The summed E-state index contributed by atoms with van der Waals surface area (Å²) in [6.07, 6.45) is 2.61. The summed E-state index contributed by atoms with van der Waals surface area (Å²) in [7, 11) is 0. The Hall–Kier alpha value is -1.63. The predicted molar refractivity (Wildman–Crippen MR) is 68.5 cm³/mol. The van der Waals surface area contributed by atoms with Crippen LogP contribution in [0.3, 0.4) is 0 Å². The molecular weight excluding hydrogens is 264 g/mol. The summed E-state index contributed by atoms with van der Waals surface area (Å²) >= 11 is 0. The van der Waals surface area contributed by atoms with E-state index >= 15 is 0 Å². The molecule has 0 aromatic carbocycles. The highest BCUT2D eigenvalue weighted by Crippen LogP contribution is 2.48. The summed E-state index contributed by atoms with van der Waals surface area (Å²) in [4.78, 5) is 34.7. The first-order valence-electron chi connectivity index (χ1n) is 6.91. The number of ether oxygens (including phenoxy) is 1. The lowest BCUT2D eigenvalue weighted by Gasteiger charge is -2.29. The molecule has 0 aromatic heterocycles. The number of carboxylic acid groups (broad SMARTS) is 1. The van der Waals surface area contributed by atoms with Crippen LogP contribution in [-0.2, 0) is 19.1 Å². The van der Waals surface area contributed by atoms with Crippen LogP contribution in [0.1, 0.15) is 26.2 Å². The Morgan fingerprint density at radius 3 is 2.60 bits per heavy atom. The molecule has 0 aliphatic heterocycles. The fraction of sp³-hybridized carbons (Fsp3) is 0.769. The van der Waals surface area contributed by atoms with Gasteiger partial charge in [-0.05, 0) is 38.0 Å². The zero-order chi connectivity index (χ0) is 14.9. The Morgan fingerprint density at radius 2 is 2.00 bits per heavy atom. The van der Waals surface area contributed by atoms with E-state index in [0.29, 0.717) is 0 Å². The molecule has 5 atom stereocenters. The molecule has 2 bridgehead atoms. The number of aliphatic carboxylic acids is 1. The van der Waals surface area contributed by atoms with Gasteiger partial charge in [0, 0.05) is 6.04 Å². The highest BCUT2D eigenvalue weighted by molar-refractivity contribution is 6.02. The van der Waals surface area contributed by atoms with Gasteiger partial charge in [0.05, 0.1) is 12.5 Å². The summed E-state index contributed by atoms with van der Waals surface area (Å²) in [5.41, 5.74) is 5.51. The highest BCUT2D eigenvalue weighted by Gasteiger charge is 2.52. The number of hydrogen-bond donors (Lipinski definition) is 3. The zero-order valence-corrected chi connectivity index (χ0v) is 11.4. The number of nitrogens with one attached hydrogen (secondary N) is 1. The normalized spacial score (nSPS) is 32.7. The van der Waals surface area contributed by atoms with Gasteiger partial charge in [-0.15, -0.1) is 0 Å². The molecule has 0 saturated heterocycles. The number of hydrogen-bond acceptors (Lipinski definition) is 5. The van der Waals surface area contributed by atoms with Crippen molar-refractivity contribution in [2.75, 3.05) is 6.61 Å². The minimum atomic E-state index is -1.40. The van der Waals surface area contributed by atoms with Gasteiger partial charge in [-0.1, -0.05) is 0 Å². The predicted octanol–water partition coefficient (Wildman–Crippen LogP) is -0.508. The minimum Gasteiger partial charge on any atom is -0.481 e. The third kappa shape index (κ3) is 2.63. The van der Waals surface area contributed by atoms with Crippen molar-refractivity contribution < 1.29 is 24.2 Å². The summed E-state index contributed by atoms with van der Waals surface area (Å²) in [5, 5.41) is 11.9. The SMILES string of the molecule is CCOC(=O)C(N)C(=O)NC1C2CCC(C2)C1C(=O)O. The first kappa shape index (κ1) is 14.8. The molecule has 5 unspecified atom stereocenters. The monoisotopic (exact) mass is 284 g/mol. The van der Waals surface area contributed by atoms with E-state index in [0.717, 1.165) is 19.3 Å². The maximum absolute atomic E-state index is 11.9. The number of rotatable bonds is 5. The smallest absolute Gasteiger partial charge is 0.332 e. The van der Waals surface area contributed by atoms with E-state index in [4.69, 9.17) is 5.73 Å². The van der Waals surface area contributed by atoms with Crippen LogP contribution in [-0.4, -0.2) is 41.6 Å². The van der Waals surface area contributed by atoms with Gasteiger partial charge in [-0.3, -0.25) is 9.59 Å². The number of amides is 1. The second kappa shape index (κ2) is 5.78. The fourth-order valence-corrected chi connectivity index (χ4v) is 3.45. The van der Waals surface area contributed by atoms with Gasteiger partial charge < -0.3 is 20.9 Å². The van der Waals surface area contributed by atoms with Gasteiger partial charge in [0.25, 0.3) is 0 Å². The maximum atomic E-state index is 11.9. The van der Waals surface area contributed by atoms with Crippen LogP contribution in [0, 0.1) is 17.8 Å². The number of carbonyl (C=O) groups is 3. The lowest BCUT2D eigenvalue weighted by Crippen LogP contribution is -2.54. The van der Waals surface area contributed by atoms with Gasteiger partial charge in [0.1, 0.15) is 0 Å². The summed E-state index contributed by atoms with van der Waals surface area (Å²) in [6.45, 7) is 1.77. The average Bonchev–Trinajstić information content (AvgIpc) is 2.98. The minimum absolute atomic E-state index is 0.113. The van der Waals surface area contributed by atoms with Crippen LogP contribution < -0.4 is 11.1 Å². The highest BCUT2D eigenvalue weighted by atomic mass is 16.5. The number of esters is 1. The Bertz CT molecular complexity index is 425. The van der Waals surface area contributed by atoms with Crippen LogP contribution >= 0.6 is 0 Å². The van der Waals surface area contributed by atoms with Crippen molar-refractivity contribution in [3.8, 4) is 0 Å². The Labute approximate surface area is 116 Å². The van der Waals surface area contributed by atoms with Crippen molar-refractivity contribution >= 4 is 17.8 Å². The average molecular weight is 284 g/mol. The van der Waals surface area contributed by atoms with Crippen LogP contribution in [0.4, 0.5) is 0 Å². The molecule has 7 nitrogen and oxygen atoms in total. The molecule has 2 aliphatic carbocycles. The molecule has 1 amide bonds. The number of carboxylic acids is 1. The van der Waals surface area contributed by atoms with Crippen LogP contribution in [0.25, 0.3) is 0 Å². The molecule has 2 aliphatic rings. The molecule has 0 radical (unpaired) electrons. The number of nitrogens with two attached hydrogens (primary N) is 1. The summed E-state index contributed by atoms with van der Waals surface area (Å²) in [6, 6.07) is -1.83.